The summed E-state index contributed by atoms with van der Waals surface area (Å²) >= 11 is 11.8. The molecular weight excluding hydrogens is 379 g/mol. The molecule has 1 amide bonds. The zero-order valence-corrected chi connectivity index (χ0v) is 15.2. The zero-order valence-electron chi connectivity index (χ0n) is 13.7. The van der Waals surface area contributed by atoms with Crippen molar-refractivity contribution in [1.82, 2.24) is 0 Å². The maximum atomic E-state index is 12.1. The molecule has 26 heavy (non-hydrogen) atoms. The van der Waals surface area contributed by atoms with Gasteiger partial charge in [-0.1, -0.05) is 23.2 Å². The zero-order chi connectivity index (χ0) is 19.1. The number of nitrogens with one attached hydrogen (secondary N) is 1. The Hall–Kier alpha value is -2.75. The van der Waals surface area contributed by atoms with Crippen LogP contribution in [0, 0.1) is 11.3 Å². The summed E-state index contributed by atoms with van der Waals surface area (Å²) in [6.45, 7) is 1.05. The number of hydrogen-bond acceptors (Lipinski definition) is 5. The second-order valence-corrected chi connectivity index (χ2v) is 6.01. The maximum absolute atomic E-state index is 12.1. The van der Waals surface area contributed by atoms with Crippen LogP contribution in [-0.2, 0) is 14.3 Å². The van der Waals surface area contributed by atoms with Gasteiger partial charge in [0.25, 0.3) is 5.91 Å². The van der Waals surface area contributed by atoms with Crippen molar-refractivity contribution < 1.29 is 19.1 Å². The molecule has 0 spiro atoms. The van der Waals surface area contributed by atoms with Gasteiger partial charge < -0.3 is 14.8 Å². The predicted octanol–water partition coefficient (Wildman–Crippen LogP) is 3.81. The Kier molecular flexibility index (Phi) is 6.84. The molecule has 2 aromatic rings. The summed E-state index contributed by atoms with van der Waals surface area (Å²) in [4.78, 5) is 23.9. The van der Waals surface area contributed by atoms with E-state index in [4.69, 9.17) is 37.9 Å². The number of hydrogen-bond donors (Lipinski definition) is 1. The Balaban J connectivity index is 1.84. The van der Waals surface area contributed by atoms with Crippen molar-refractivity contribution in [3.63, 3.8) is 0 Å². The van der Waals surface area contributed by atoms with Crippen molar-refractivity contribution in [2.24, 2.45) is 0 Å². The lowest BCUT2D eigenvalue weighted by atomic mass is 10.2. The molecular formula is C18H14Cl2N2O4. The molecule has 2 rings (SSSR count). The number of nitriles is 1. The monoisotopic (exact) mass is 392 g/mol. The van der Waals surface area contributed by atoms with Crippen LogP contribution in [0.15, 0.2) is 42.5 Å². The number of esters is 1. The molecule has 0 aliphatic carbocycles. The van der Waals surface area contributed by atoms with Crippen LogP contribution < -0.4 is 10.1 Å². The molecule has 0 fully saturated rings. The van der Waals surface area contributed by atoms with E-state index in [1.807, 2.05) is 6.07 Å². The topological polar surface area (TPSA) is 88.4 Å². The fourth-order valence-electron chi connectivity index (χ4n) is 1.88. The minimum Gasteiger partial charge on any atom is -0.482 e. The van der Waals surface area contributed by atoms with Crippen LogP contribution in [0.5, 0.6) is 5.75 Å². The van der Waals surface area contributed by atoms with Crippen LogP contribution in [0.4, 0.5) is 5.69 Å². The number of amides is 1. The highest BCUT2D eigenvalue weighted by Crippen LogP contribution is 2.25. The van der Waals surface area contributed by atoms with E-state index >= 15 is 0 Å². The number of carbonyl (C=O) groups excluding carboxylic acids is 2. The van der Waals surface area contributed by atoms with Gasteiger partial charge in [-0.3, -0.25) is 4.79 Å². The highest BCUT2D eigenvalue weighted by atomic mass is 35.5. The number of rotatable bonds is 6. The first-order valence-electron chi connectivity index (χ1n) is 7.47. The van der Waals surface area contributed by atoms with E-state index in [0.29, 0.717) is 27.0 Å². The van der Waals surface area contributed by atoms with E-state index in [1.165, 1.54) is 13.0 Å². The summed E-state index contributed by atoms with van der Waals surface area (Å²) in [5, 5.41) is 12.0. The minimum atomic E-state index is -1.05. The van der Waals surface area contributed by atoms with Crippen LogP contribution >= 0.6 is 23.2 Å². The van der Waals surface area contributed by atoms with E-state index in [2.05, 4.69) is 5.32 Å². The van der Waals surface area contributed by atoms with Crippen LogP contribution in [0.1, 0.15) is 12.5 Å². The molecule has 1 atom stereocenters. The number of halogens is 2. The maximum Gasteiger partial charge on any atom is 0.344 e. The first-order chi connectivity index (χ1) is 12.4. The predicted molar refractivity (Wildman–Crippen MR) is 97.3 cm³/mol. The summed E-state index contributed by atoms with van der Waals surface area (Å²) in [6, 6.07) is 12.8. The standard InChI is InChI=1S/C18H14Cl2N2O4/c1-11(18(24)22-16-8-13(19)4-7-15(16)20)26-17(23)10-25-14-5-2-12(9-21)3-6-14/h2-8,11H,10H2,1H3,(H,22,24)/t11-/m1/s1. The summed E-state index contributed by atoms with van der Waals surface area (Å²) < 4.78 is 10.3. The largest absolute Gasteiger partial charge is 0.482 e. The second kappa shape index (κ2) is 9.09. The van der Waals surface area contributed by atoms with Gasteiger partial charge in [0, 0.05) is 5.02 Å². The van der Waals surface area contributed by atoms with E-state index < -0.39 is 18.0 Å². The Labute approximate surface area is 160 Å². The van der Waals surface area contributed by atoms with Crippen molar-refractivity contribution in [1.29, 1.82) is 5.26 Å². The van der Waals surface area contributed by atoms with Gasteiger partial charge in [0.05, 0.1) is 22.3 Å². The van der Waals surface area contributed by atoms with Crippen molar-refractivity contribution in [3.05, 3.63) is 58.1 Å². The third-order valence-electron chi connectivity index (χ3n) is 3.20. The molecule has 0 unspecified atom stereocenters. The van der Waals surface area contributed by atoms with Gasteiger partial charge >= 0.3 is 5.97 Å². The Morgan fingerprint density at radius 3 is 2.54 bits per heavy atom. The molecule has 8 heteroatoms. The van der Waals surface area contributed by atoms with Crippen LogP contribution in [0.2, 0.25) is 10.0 Å². The van der Waals surface area contributed by atoms with Gasteiger partial charge in [-0.05, 0) is 49.4 Å². The van der Waals surface area contributed by atoms with Gasteiger partial charge in [0.2, 0.25) is 0 Å². The van der Waals surface area contributed by atoms with Gasteiger partial charge in [-0.2, -0.15) is 5.26 Å². The van der Waals surface area contributed by atoms with Crippen LogP contribution in [-0.4, -0.2) is 24.6 Å². The lowest BCUT2D eigenvalue weighted by Gasteiger charge is -2.14. The van der Waals surface area contributed by atoms with Crippen molar-refractivity contribution >= 4 is 40.8 Å². The van der Waals surface area contributed by atoms with Crippen molar-refractivity contribution in [2.45, 2.75) is 13.0 Å². The minimum absolute atomic E-state index is 0.311. The molecule has 6 nitrogen and oxygen atoms in total. The van der Waals surface area contributed by atoms with Gasteiger partial charge in [0.15, 0.2) is 12.7 Å². The van der Waals surface area contributed by atoms with Gasteiger partial charge in [-0.25, -0.2) is 4.79 Å². The molecule has 0 radical (unpaired) electrons. The molecule has 0 aliphatic heterocycles. The first kappa shape index (κ1) is 19.6. The van der Waals surface area contributed by atoms with E-state index in [1.54, 1.807) is 36.4 Å². The van der Waals surface area contributed by atoms with Gasteiger partial charge in [0.1, 0.15) is 5.75 Å². The number of nitrogens with zero attached hydrogens (tertiary/aromatic N) is 1. The number of anilines is 1. The molecule has 0 saturated carbocycles. The summed E-state index contributed by atoms with van der Waals surface area (Å²) in [7, 11) is 0. The molecule has 1 N–H and O–H groups in total. The fourth-order valence-corrected chi connectivity index (χ4v) is 2.22. The number of benzene rings is 2. The average Bonchev–Trinajstić information content (AvgIpc) is 2.63. The summed E-state index contributed by atoms with van der Waals surface area (Å²) in [5.74, 6) is -0.862. The van der Waals surface area contributed by atoms with E-state index in [0.717, 1.165) is 0 Å². The molecule has 0 saturated heterocycles. The highest BCUT2D eigenvalue weighted by molar-refractivity contribution is 6.35. The molecule has 2 aromatic carbocycles. The lowest BCUT2D eigenvalue weighted by Crippen LogP contribution is -2.31. The third kappa shape index (κ3) is 5.66. The van der Waals surface area contributed by atoms with Crippen molar-refractivity contribution in [3.8, 4) is 11.8 Å². The fraction of sp³-hybridized carbons (Fsp3) is 0.167. The second-order valence-electron chi connectivity index (χ2n) is 5.17. The van der Waals surface area contributed by atoms with Crippen molar-refractivity contribution in [2.75, 3.05) is 11.9 Å². The Morgan fingerprint density at radius 2 is 1.88 bits per heavy atom. The molecule has 0 bridgehead atoms. The molecule has 0 aromatic heterocycles. The Bertz CT molecular complexity index is 847. The molecule has 134 valence electrons. The SMILES string of the molecule is C[C@@H](OC(=O)COc1ccc(C#N)cc1)C(=O)Nc1cc(Cl)ccc1Cl. The summed E-state index contributed by atoms with van der Waals surface area (Å²) in [6.07, 6.45) is -1.05. The lowest BCUT2D eigenvalue weighted by molar-refractivity contribution is -0.155. The Morgan fingerprint density at radius 1 is 1.19 bits per heavy atom. The first-order valence-corrected chi connectivity index (χ1v) is 8.23. The molecule has 0 aliphatic rings. The highest BCUT2D eigenvalue weighted by Gasteiger charge is 2.19. The normalized spacial score (nSPS) is 11.2. The van der Waals surface area contributed by atoms with E-state index in [-0.39, 0.29) is 6.61 Å². The quantitative estimate of drug-likeness (QED) is 0.754. The smallest absolute Gasteiger partial charge is 0.344 e. The van der Waals surface area contributed by atoms with Crippen LogP contribution in [0.25, 0.3) is 0 Å². The van der Waals surface area contributed by atoms with Gasteiger partial charge in [-0.15, -0.1) is 0 Å². The number of ether oxygens (including phenoxy) is 2. The number of carbonyl (C=O) groups is 2. The molecule has 0 heterocycles. The average molecular weight is 393 g/mol. The van der Waals surface area contributed by atoms with E-state index in [9.17, 15) is 9.59 Å². The summed E-state index contributed by atoms with van der Waals surface area (Å²) in [5.41, 5.74) is 0.797. The van der Waals surface area contributed by atoms with Crippen LogP contribution in [0.3, 0.4) is 0 Å². The third-order valence-corrected chi connectivity index (χ3v) is 3.77.